The summed E-state index contributed by atoms with van der Waals surface area (Å²) in [6, 6.07) is 11.1. The van der Waals surface area contributed by atoms with Crippen molar-refractivity contribution in [2.75, 3.05) is 25.4 Å². The number of aliphatic carboxylic acids is 1. The molecule has 0 atom stereocenters. The van der Waals surface area contributed by atoms with Crippen molar-refractivity contribution in [1.82, 2.24) is 4.31 Å². The SMILES string of the molecule is CCCN(CCCSc1ccc(OCC(=O)O)c(C)c1)S(=O)(=O)c1sc2ccc(Cl)cc2c1C. The Morgan fingerprint density at radius 3 is 2.62 bits per heavy atom. The van der Waals surface area contributed by atoms with E-state index >= 15 is 0 Å². The predicted octanol–water partition coefficient (Wildman–Crippen LogP) is 6.22. The maximum Gasteiger partial charge on any atom is 0.341 e. The Balaban J connectivity index is 1.65. The molecule has 3 aromatic rings. The molecule has 0 aliphatic heterocycles. The number of carbonyl (C=O) groups is 1. The summed E-state index contributed by atoms with van der Waals surface area (Å²) >= 11 is 9.05. The van der Waals surface area contributed by atoms with Crippen molar-refractivity contribution < 1.29 is 23.1 Å². The van der Waals surface area contributed by atoms with Crippen LogP contribution in [0, 0.1) is 13.8 Å². The highest BCUT2D eigenvalue weighted by Crippen LogP contribution is 2.37. The van der Waals surface area contributed by atoms with E-state index in [0.717, 1.165) is 38.3 Å². The number of aryl methyl sites for hydroxylation is 2. The molecule has 3 rings (SSSR count). The van der Waals surface area contributed by atoms with Gasteiger partial charge in [0.05, 0.1) is 0 Å². The number of ether oxygens (including phenoxy) is 1. The van der Waals surface area contributed by atoms with Gasteiger partial charge in [0.1, 0.15) is 9.96 Å². The molecule has 0 radical (unpaired) electrons. The zero-order valence-electron chi connectivity index (χ0n) is 19.3. The molecule has 2 aromatic carbocycles. The van der Waals surface area contributed by atoms with Crippen molar-refractivity contribution in [3.8, 4) is 5.75 Å². The van der Waals surface area contributed by atoms with E-state index in [9.17, 15) is 13.2 Å². The highest BCUT2D eigenvalue weighted by molar-refractivity contribution is 7.99. The zero-order valence-corrected chi connectivity index (χ0v) is 22.5. The van der Waals surface area contributed by atoms with Crippen molar-refractivity contribution in [2.24, 2.45) is 0 Å². The van der Waals surface area contributed by atoms with Crippen LogP contribution in [-0.2, 0) is 14.8 Å². The number of thiophene rings is 1. The van der Waals surface area contributed by atoms with Gasteiger partial charge in [-0.25, -0.2) is 13.2 Å². The summed E-state index contributed by atoms with van der Waals surface area (Å²) in [7, 11) is -3.60. The number of carboxylic acid groups (broad SMARTS) is 1. The molecule has 10 heteroatoms. The van der Waals surface area contributed by atoms with Gasteiger partial charge in [0.2, 0.25) is 0 Å². The highest BCUT2D eigenvalue weighted by atomic mass is 35.5. The lowest BCUT2D eigenvalue weighted by Gasteiger charge is -2.21. The Morgan fingerprint density at radius 1 is 1.18 bits per heavy atom. The van der Waals surface area contributed by atoms with Crippen LogP contribution < -0.4 is 4.74 Å². The van der Waals surface area contributed by atoms with Gasteiger partial charge in [-0.2, -0.15) is 4.31 Å². The van der Waals surface area contributed by atoms with Crippen LogP contribution in [0.4, 0.5) is 0 Å². The predicted molar refractivity (Wildman–Crippen MR) is 140 cm³/mol. The first-order valence-electron chi connectivity index (χ1n) is 10.9. The van der Waals surface area contributed by atoms with Gasteiger partial charge >= 0.3 is 5.97 Å². The van der Waals surface area contributed by atoms with E-state index in [4.69, 9.17) is 21.4 Å². The maximum atomic E-state index is 13.5. The summed E-state index contributed by atoms with van der Waals surface area (Å²) in [5.41, 5.74) is 1.61. The molecule has 34 heavy (non-hydrogen) atoms. The van der Waals surface area contributed by atoms with Gasteiger partial charge in [-0.15, -0.1) is 23.1 Å². The van der Waals surface area contributed by atoms with Crippen LogP contribution >= 0.6 is 34.7 Å². The smallest absolute Gasteiger partial charge is 0.341 e. The van der Waals surface area contributed by atoms with Crippen molar-refractivity contribution in [3.05, 3.63) is 52.5 Å². The normalized spacial score (nSPS) is 11.9. The van der Waals surface area contributed by atoms with Gasteiger partial charge in [-0.3, -0.25) is 0 Å². The van der Waals surface area contributed by atoms with E-state index in [2.05, 4.69) is 0 Å². The molecule has 6 nitrogen and oxygen atoms in total. The lowest BCUT2D eigenvalue weighted by atomic mass is 10.2. The lowest BCUT2D eigenvalue weighted by Crippen LogP contribution is -2.33. The fourth-order valence-corrected chi connectivity index (χ4v) is 8.14. The third-order valence-corrected chi connectivity index (χ3v) is 10.3. The third-order valence-electron chi connectivity index (χ3n) is 5.22. The molecule has 0 aliphatic carbocycles. The van der Waals surface area contributed by atoms with Crippen molar-refractivity contribution in [1.29, 1.82) is 0 Å². The minimum atomic E-state index is -3.60. The second-order valence-electron chi connectivity index (χ2n) is 7.87. The molecule has 0 fully saturated rings. The zero-order chi connectivity index (χ0) is 24.9. The molecule has 1 aromatic heterocycles. The van der Waals surface area contributed by atoms with Gasteiger partial charge in [-0.05, 0) is 85.4 Å². The third kappa shape index (κ3) is 6.46. The quantitative estimate of drug-likeness (QED) is 0.216. The van der Waals surface area contributed by atoms with Crippen LogP contribution in [-0.4, -0.2) is 49.2 Å². The number of rotatable bonds is 12. The van der Waals surface area contributed by atoms with Crippen LogP contribution in [0.5, 0.6) is 5.75 Å². The van der Waals surface area contributed by atoms with Crippen LogP contribution in [0.1, 0.15) is 30.9 Å². The molecular weight excluding hydrogens is 514 g/mol. The molecule has 1 heterocycles. The lowest BCUT2D eigenvalue weighted by molar-refractivity contribution is -0.139. The van der Waals surface area contributed by atoms with Crippen LogP contribution in [0.2, 0.25) is 5.02 Å². The summed E-state index contributed by atoms with van der Waals surface area (Å²) < 4.78 is 35.1. The molecule has 0 bridgehead atoms. The Morgan fingerprint density at radius 2 is 1.94 bits per heavy atom. The van der Waals surface area contributed by atoms with Crippen LogP contribution in [0.15, 0.2) is 45.5 Å². The first-order valence-corrected chi connectivity index (χ1v) is 14.5. The van der Waals surface area contributed by atoms with E-state index in [0.29, 0.717) is 34.5 Å². The second kappa shape index (κ2) is 11.8. The number of halogens is 1. The number of hydrogen-bond acceptors (Lipinski definition) is 6. The van der Waals surface area contributed by atoms with Gasteiger partial charge in [0, 0.05) is 27.7 Å². The fourth-order valence-electron chi connectivity index (χ4n) is 3.58. The summed E-state index contributed by atoms with van der Waals surface area (Å²) in [6.07, 6.45) is 1.44. The molecule has 0 amide bonds. The largest absolute Gasteiger partial charge is 0.482 e. The average Bonchev–Trinajstić information content (AvgIpc) is 3.11. The summed E-state index contributed by atoms with van der Waals surface area (Å²) in [4.78, 5) is 11.7. The molecule has 0 spiro atoms. The van der Waals surface area contributed by atoms with Gasteiger partial charge in [0.15, 0.2) is 6.61 Å². The van der Waals surface area contributed by atoms with E-state index in [-0.39, 0.29) is 6.61 Å². The number of sulfonamides is 1. The summed E-state index contributed by atoms with van der Waals surface area (Å²) in [5, 5.41) is 10.2. The number of nitrogens with zero attached hydrogens (tertiary/aromatic N) is 1. The number of benzene rings is 2. The van der Waals surface area contributed by atoms with E-state index in [1.54, 1.807) is 28.2 Å². The molecule has 0 saturated carbocycles. The van der Waals surface area contributed by atoms with E-state index < -0.39 is 16.0 Å². The van der Waals surface area contributed by atoms with E-state index in [1.807, 2.05) is 45.0 Å². The Labute approximate surface area is 213 Å². The second-order valence-corrected chi connectivity index (χ2v) is 12.7. The highest BCUT2D eigenvalue weighted by Gasteiger charge is 2.28. The molecule has 1 N–H and O–H groups in total. The first-order chi connectivity index (χ1) is 16.1. The minimum absolute atomic E-state index is 0.374. The topological polar surface area (TPSA) is 83.9 Å². The standard InChI is InChI=1S/C24H28ClNO5S3/c1-4-10-26(34(29,30)24-17(3)20-14-18(25)6-9-22(20)33-24)11-5-12-32-19-7-8-21(16(2)13-19)31-15-23(27)28/h6-9,13-14H,4-5,10-12,15H2,1-3H3,(H,27,28). The summed E-state index contributed by atoms with van der Waals surface area (Å²) in [6.45, 7) is 6.23. The first kappa shape index (κ1) is 26.8. The van der Waals surface area contributed by atoms with Gasteiger partial charge in [-0.1, -0.05) is 18.5 Å². The van der Waals surface area contributed by atoms with Crippen LogP contribution in [0.3, 0.4) is 0 Å². The summed E-state index contributed by atoms with van der Waals surface area (Å²) in [5.74, 6) is 0.289. The fraction of sp³-hybridized carbons (Fsp3) is 0.375. The van der Waals surface area contributed by atoms with Gasteiger partial charge < -0.3 is 9.84 Å². The van der Waals surface area contributed by atoms with Crippen LogP contribution in [0.25, 0.3) is 10.1 Å². The molecule has 0 unspecified atom stereocenters. The van der Waals surface area contributed by atoms with Crippen molar-refractivity contribution in [3.63, 3.8) is 0 Å². The van der Waals surface area contributed by atoms with Crippen molar-refractivity contribution >= 4 is 60.8 Å². The maximum absolute atomic E-state index is 13.5. The number of fused-ring (bicyclic) bond motifs is 1. The Hall–Kier alpha value is -1.78. The average molecular weight is 542 g/mol. The van der Waals surface area contributed by atoms with Gasteiger partial charge in [0.25, 0.3) is 10.0 Å². The number of hydrogen-bond donors (Lipinski definition) is 1. The Bertz CT molecular complexity index is 1270. The molecule has 184 valence electrons. The van der Waals surface area contributed by atoms with Crippen molar-refractivity contribution in [2.45, 2.75) is 42.7 Å². The number of thioether (sulfide) groups is 1. The number of carboxylic acids is 1. The molecular formula is C24H28ClNO5S3. The van der Waals surface area contributed by atoms with E-state index in [1.165, 1.54) is 11.3 Å². The monoisotopic (exact) mass is 541 g/mol. The molecule has 0 aliphatic rings. The minimum Gasteiger partial charge on any atom is -0.482 e. The Kier molecular flexibility index (Phi) is 9.28. The molecule has 0 saturated heterocycles.